The summed E-state index contributed by atoms with van der Waals surface area (Å²) in [7, 11) is 6.78. The molecule has 258 valence electrons. The molecular formula is C36H49NO10. The molecule has 0 amide bonds. The number of hydrogen-bond acceptors (Lipinski definition) is 11. The molecule has 1 aromatic carbocycles. The monoisotopic (exact) mass is 655 g/mol. The number of rotatable bonds is 10. The van der Waals surface area contributed by atoms with E-state index in [0.717, 1.165) is 19.5 Å². The van der Waals surface area contributed by atoms with E-state index in [0.29, 0.717) is 37.2 Å². The Morgan fingerprint density at radius 2 is 1.68 bits per heavy atom. The van der Waals surface area contributed by atoms with Gasteiger partial charge in [-0.15, -0.1) is 0 Å². The van der Waals surface area contributed by atoms with Crippen molar-refractivity contribution >= 4 is 17.9 Å². The fourth-order valence-electron chi connectivity index (χ4n) is 12.5. The third-order valence-corrected chi connectivity index (χ3v) is 13.2. The first-order valence-electron chi connectivity index (χ1n) is 17.1. The predicted octanol–water partition coefficient (Wildman–Crippen LogP) is 3.52. The molecule has 7 bridgehead atoms. The molecule has 0 aromatic heterocycles. The number of piperidine rings is 1. The molecule has 1 aliphatic heterocycles. The highest BCUT2D eigenvalue weighted by Crippen LogP contribution is 2.80. The summed E-state index contributed by atoms with van der Waals surface area (Å²) in [5.41, 5.74) is -1.42. The standard InChI is InChI=1S/C36H49NO10/c1-8-37-17-34(18-41-4)14-13-26(46-33(40)21-9-11-22(42-5)12-10-21)36-24-15-23-25(43-6)16-35(47-20(3)39,27(24)29(23)45-19(2)38)28(32(36)37)30(44-7)31(34)36/h9-12,23-32H,8,13-18H2,1-7H3/t23-,24+,25-,26?,27+,28-,29?,30?,31+,32-,34-,35+,36?/m0/s1. The molecule has 1 aromatic rings. The fraction of sp³-hybridized carbons (Fsp3) is 0.750. The van der Waals surface area contributed by atoms with Gasteiger partial charge in [0.25, 0.3) is 0 Å². The van der Waals surface area contributed by atoms with Crippen molar-refractivity contribution in [1.29, 1.82) is 0 Å². The predicted molar refractivity (Wildman–Crippen MR) is 168 cm³/mol. The van der Waals surface area contributed by atoms with E-state index in [1.54, 1.807) is 52.7 Å². The Kier molecular flexibility index (Phi) is 8.17. The minimum atomic E-state index is -1.01. The highest BCUT2D eigenvalue weighted by atomic mass is 16.6. The molecule has 5 aliphatic carbocycles. The molecule has 0 radical (unpaired) electrons. The lowest BCUT2D eigenvalue weighted by atomic mass is 9.43. The summed E-state index contributed by atoms with van der Waals surface area (Å²) >= 11 is 0. The molecule has 1 spiro atoms. The highest BCUT2D eigenvalue weighted by molar-refractivity contribution is 5.89. The van der Waals surface area contributed by atoms with E-state index in [1.165, 1.54) is 13.8 Å². The maximum Gasteiger partial charge on any atom is 0.338 e. The van der Waals surface area contributed by atoms with Gasteiger partial charge in [0.2, 0.25) is 0 Å². The van der Waals surface area contributed by atoms with Crippen molar-refractivity contribution in [2.45, 2.75) is 82.5 Å². The molecule has 47 heavy (non-hydrogen) atoms. The number of carbonyl (C=O) groups is 3. The Morgan fingerprint density at radius 3 is 2.28 bits per heavy atom. The minimum absolute atomic E-state index is 0.0547. The van der Waals surface area contributed by atoms with Crippen LogP contribution < -0.4 is 4.74 Å². The Bertz CT molecular complexity index is 1400. The second-order valence-electron chi connectivity index (χ2n) is 14.8. The molecule has 7 rings (SSSR count). The second-order valence-corrected chi connectivity index (χ2v) is 14.8. The third-order valence-electron chi connectivity index (χ3n) is 13.2. The van der Waals surface area contributed by atoms with E-state index in [4.69, 9.17) is 33.2 Å². The van der Waals surface area contributed by atoms with Crippen LogP contribution in [-0.4, -0.2) is 107 Å². The van der Waals surface area contributed by atoms with Crippen LogP contribution in [0.2, 0.25) is 0 Å². The van der Waals surface area contributed by atoms with Gasteiger partial charge in [-0.3, -0.25) is 14.5 Å². The van der Waals surface area contributed by atoms with Gasteiger partial charge in [0.05, 0.1) is 31.5 Å². The van der Waals surface area contributed by atoms with Crippen molar-refractivity contribution in [3.63, 3.8) is 0 Å². The molecule has 1 saturated heterocycles. The molecule has 0 N–H and O–H groups in total. The summed E-state index contributed by atoms with van der Waals surface area (Å²) in [6.07, 6.45) is 1.05. The van der Waals surface area contributed by atoms with Crippen molar-refractivity contribution in [2.75, 3.05) is 48.1 Å². The van der Waals surface area contributed by atoms with Gasteiger partial charge in [0.15, 0.2) is 0 Å². The zero-order valence-electron chi connectivity index (χ0n) is 28.6. The molecule has 6 aliphatic rings. The van der Waals surface area contributed by atoms with Crippen molar-refractivity contribution in [1.82, 2.24) is 4.90 Å². The zero-order valence-corrected chi connectivity index (χ0v) is 28.6. The van der Waals surface area contributed by atoms with E-state index >= 15 is 0 Å². The average Bonchev–Trinajstić information content (AvgIpc) is 3.47. The smallest absolute Gasteiger partial charge is 0.338 e. The molecule has 11 heteroatoms. The van der Waals surface area contributed by atoms with Crippen molar-refractivity contribution in [3.05, 3.63) is 29.8 Å². The second kappa shape index (κ2) is 11.7. The number of ether oxygens (including phenoxy) is 7. The molecule has 5 saturated carbocycles. The maximum absolute atomic E-state index is 14.0. The van der Waals surface area contributed by atoms with Crippen molar-refractivity contribution in [2.24, 2.45) is 40.4 Å². The number of likely N-dealkylation sites (tertiary alicyclic amines) is 1. The van der Waals surface area contributed by atoms with Crippen molar-refractivity contribution in [3.8, 4) is 5.75 Å². The number of hydrogen-bond donors (Lipinski definition) is 0. The Labute approximate surface area is 276 Å². The fourth-order valence-corrected chi connectivity index (χ4v) is 12.5. The third kappa shape index (κ3) is 4.34. The summed E-state index contributed by atoms with van der Waals surface area (Å²) < 4.78 is 43.8. The first-order chi connectivity index (χ1) is 22.6. The van der Waals surface area contributed by atoms with Crippen LogP contribution in [0, 0.1) is 40.4 Å². The van der Waals surface area contributed by atoms with Crippen LogP contribution in [0.15, 0.2) is 24.3 Å². The molecule has 1 heterocycles. The number of methoxy groups -OCH3 is 4. The van der Waals surface area contributed by atoms with E-state index < -0.39 is 23.2 Å². The topological polar surface area (TPSA) is 119 Å². The number of benzene rings is 1. The van der Waals surface area contributed by atoms with Gasteiger partial charge in [-0.05, 0) is 56.0 Å². The quantitative estimate of drug-likeness (QED) is 0.272. The highest BCUT2D eigenvalue weighted by Gasteiger charge is 2.88. The van der Waals surface area contributed by atoms with Gasteiger partial charge >= 0.3 is 17.9 Å². The Morgan fingerprint density at radius 1 is 0.936 bits per heavy atom. The van der Waals surface area contributed by atoms with Crippen LogP contribution in [0.1, 0.15) is 56.8 Å². The van der Waals surface area contributed by atoms with Crippen LogP contribution in [0.25, 0.3) is 0 Å². The van der Waals surface area contributed by atoms with Gasteiger partial charge in [-0.1, -0.05) is 6.92 Å². The number of esters is 3. The molecule has 13 atom stereocenters. The van der Waals surface area contributed by atoms with Gasteiger partial charge in [-0.2, -0.15) is 0 Å². The first kappa shape index (κ1) is 32.8. The van der Waals surface area contributed by atoms with Crippen LogP contribution in [0.4, 0.5) is 0 Å². The normalized spacial score (nSPS) is 44.1. The number of fused-ring (bicyclic) bond motifs is 2. The van der Waals surface area contributed by atoms with E-state index in [9.17, 15) is 14.4 Å². The lowest BCUT2D eigenvalue weighted by Gasteiger charge is -2.69. The van der Waals surface area contributed by atoms with Crippen molar-refractivity contribution < 1.29 is 47.5 Å². The van der Waals surface area contributed by atoms with Gasteiger partial charge in [0.1, 0.15) is 23.6 Å². The van der Waals surface area contributed by atoms with E-state index in [-0.39, 0.29) is 71.2 Å². The zero-order chi connectivity index (χ0) is 33.5. The summed E-state index contributed by atoms with van der Waals surface area (Å²) in [5.74, 6) is -1.32. The molecule has 11 nitrogen and oxygen atoms in total. The van der Waals surface area contributed by atoms with E-state index in [1.807, 2.05) is 0 Å². The lowest BCUT2D eigenvalue weighted by Crippen LogP contribution is -2.77. The maximum atomic E-state index is 14.0. The van der Waals surface area contributed by atoms with Gasteiger partial charge < -0.3 is 33.2 Å². The van der Waals surface area contributed by atoms with Crippen LogP contribution in [0.3, 0.4) is 0 Å². The number of carbonyl (C=O) groups excluding carboxylic acids is 3. The molecular weight excluding hydrogens is 606 g/mol. The van der Waals surface area contributed by atoms with Gasteiger partial charge in [-0.25, -0.2) is 4.79 Å². The van der Waals surface area contributed by atoms with Gasteiger partial charge in [0, 0.05) is 88.7 Å². The van der Waals surface area contributed by atoms with Crippen LogP contribution in [-0.2, 0) is 38.0 Å². The summed E-state index contributed by atoms with van der Waals surface area (Å²) in [4.78, 5) is 42.5. The molecule has 6 fully saturated rings. The Hall–Kier alpha value is -2.73. The first-order valence-corrected chi connectivity index (χ1v) is 17.1. The largest absolute Gasteiger partial charge is 0.497 e. The summed E-state index contributed by atoms with van der Waals surface area (Å²) in [6.45, 7) is 7.17. The minimum Gasteiger partial charge on any atom is -0.497 e. The lowest BCUT2D eigenvalue weighted by molar-refractivity contribution is -0.277. The summed E-state index contributed by atoms with van der Waals surface area (Å²) in [6, 6.07) is 6.89. The number of nitrogens with zero attached hydrogens (tertiary/aromatic N) is 1. The SMILES string of the molecule is CCN1C[C@]2(COC)CCC(OC(=O)c3ccc(OC)cc3)C34[C@@H]5C[C@@H]6C(OC(C)=O)[C@@H]5[C@](OC(C)=O)(C[C@@H]6OC)[C@@H](C(OC)[C@@H]32)[C@H]14. The average molecular weight is 656 g/mol. The molecule has 4 unspecified atom stereocenters. The van der Waals surface area contributed by atoms with Crippen LogP contribution >= 0.6 is 0 Å². The van der Waals surface area contributed by atoms with Crippen LogP contribution in [0.5, 0.6) is 5.75 Å². The summed E-state index contributed by atoms with van der Waals surface area (Å²) in [5, 5.41) is 0. The van der Waals surface area contributed by atoms with E-state index in [2.05, 4.69) is 11.8 Å². The Balaban J connectivity index is 1.46.